The summed E-state index contributed by atoms with van der Waals surface area (Å²) in [5.74, 6) is -0.423. The third-order valence-electron chi connectivity index (χ3n) is 4.23. The summed E-state index contributed by atoms with van der Waals surface area (Å²) in [5.41, 5.74) is 2.41. The van der Waals surface area contributed by atoms with Crippen molar-refractivity contribution < 1.29 is 18.8 Å². The van der Waals surface area contributed by atoms with E-state index in [1.807, 2.05) is 24.3 Å². The highest BCUT2D eigenvalue weighted by atomic mass is 35.5. The van der Waals surface area contributed by atoms with Crippen LogP contribution in [0.4, 0.5) is 0 Å². The first-order valence-corrected chi connectivity index (χ1v) is 9.49. The third-order valence-corrected chi connectivity index (χ3v) is 4.49. The van der Waals surface area contributed by atoms with Crippen LogP contribution in [-0.2, 0) is 22.6 Å². The van der Waals surface area contributed by atoms with E-state index in [4.69, 9.17) is 20.9 Å². The number of nitrogens with zero attached hydrogens (tertiary/aromatic N) is 2. The molecule has 0 bridgehead atoms. The van der Waals surface area contributed by atoms with Crippen LogP contribution >= 0.6 is 11.6 Å². The molecule has 0 spiro atoms. The standard InChI is InChI=1S/C21H20ClN3O4/c1-3-14-4-6-15(7-5-14)19-24-18(29-25-19)12-28-21(27)13(2)23-20(26)16-8-10-17(22)11-9-16/h4-11,13H,3,12H2,1-2H3,(H,23,26)/t13-/m0/s1. The smallest absolute Gasteiger partial charge is 0.328 e. The zero-order chi connectivity index (χ0) is 20.8. The van der Waals surface area contributed by atoms with Gasteiger partial charge in [-0.15, -0.1) is 0 Å². The Bertz CT molecular complexity index is 984. The monoisotopic (exact) mass is 413 g/mol. The topological polar surface area (TPSA) is 94.3 Å². The fourth-order valence-corrected chi connectivity index (χ4v) is 2.64. The molecular formula is C21H20ClN3O4. The number of rotatable bonds is 7. The summed E-state index contributed by atoms with van der Waals surface area (Å²) in [4.78, 5) is 28.5. The van der Waals surface area contributed by atoms with Gasteiger partial charge in [-0.3, -0.25) is 4.79 Å². The molecule has 0 fully saturated rings. The van der Waals surface area contributed by atoms with Crippen molar-refractivity contribution >= 4 is 23.5 Å². The number of amides is 1. The maximum absolute atomic E-state index is 12.1. The molecule has 0 aliphatic carbocycles. The van der Waals surface area contributed by atoms with Crippen LogP contribution in [0.2, 0.25) is 5.02 Å². The predicted octanol–water partition coefficient (Wildman–Crippen LogP) is 3.81. The Kier molecular flexibility index (Phi) is 6.61. The molecule has 1 atom stereocenters. The summed E-state index contributed by atoms with van der Waals surface area (Å²) in [6.45, 7) is 3.43. The lowest BCUT2D eigenvalue weighted by atomic mass is 10.1. The lowest BCUT2D eigenvalue weighted by Gasteiger charge is -2.12. The molecule has 1 amide bonds. The van der Waals surface area contributed by atoms with Gasteiger partial charge in [-0.1, -0.05) is 47.9 Å². The fourth-order valence-electron chi connectivity index (χ4n) is 2.52. The summed E-state index contributed by atoms with van der Waals surface area (Å²) in [7, 11) is 0. The Hall–Kier alpha value is -3.19. The van der Waals surface area contributed by atoms with Crippen molar-refractivity contribution in [3.63, 3.8) is 0 Å². The molecule has 0 aliphatic rings. The van der Waals surface area contributed by atoms with Crippen LogP contribution in [0.3, 0.4) is 0 Å². The van der Waals surface area contributed by atoms with Crippen LogP contribution in [0.15, 0.2) is 53.1 Å². The van der Waals surface area contributed by atoms with E-state index < -0.39 is 17.9 Å². The largest absolute Gasteiger partial charge is 0.454 e. The second-order valence-corrected chi connectivity index (χ2v) is 6.81. The first-order chi connectivity index (χ1) is 14.0. The van der Waals surface area contributed by atoms with E-state index in [9.17, 15) is 9.59 Å². The highest BCUT2D eigenvalue weighted by molar-refractivity contribution is 6.30. The van der Waals surface area contributed by atoms with Crippen LogP contribution in [0.25, 0.3) is 11.4 Å². The number of hydrogen-bond donors (Lipinski definition) is 1. The number of carbonyl (C=O) groups excluding carboxylic acids is 2. The van der Waals surface area contributed by atoms with Crippen molar-refractivity contribution in [3.8, 4) is 11.4 Å². The quantitative estimate of drug-likeness (QED) is 0.592. The molecule has 29 heavy (non-hydrogen) atoms. The molecule has 3 rings (SSSR count). The van der Waals surface area contributed by atoms with Crippen molar-refractivity contribution in [2.24, 2.45) is 0 Å². The predicted molar refractivity (Wildman–Crippen MR) is 107 cm³/mol. The van der Waals surface area contributed by atoms with Crippen LogP contribution in [0, 0.1) is 0 Å². The van der Waals surface area contributed by atoms with E-state index in [0.29, 0.717) is 16.4 Å². The number of hydrogen-bond acceptors (Lipinski definition) is 6. The molecule has 3 aromatic rings. The van der Waals surface area contributed by atoms with Crippen molar-refractivity contribution in [1.82, 2.24) is 15.5 Å². The number of ether oxygens (including phenoxy) is 1. The first-order valence-electron chi connectivity index (χ1n) is 9.11. The van der Waals surface area contributed by atoms with E-state index in [1.54, 1.807) is 24.3 Å². The number of benzene rings is 2. The summed E-state index contributed by atoms with van der Waals surface area (Å²) in [6, 6.07) is 13.3. The number of nitrogens with one attached hydrogen (secondary N) is 1. The van der Waals surface area contributed by atoms with E-state index in [0.717, 1.165) is 12.0 Å². The van der Waals surface area contributed by atoms with Crippen molar-refractivity contribution in [3.05, 3.63) is 70.6 Å². The molecule has 1 aromatic heterocycles. The van der Waals surface area contributed by atoms with Gasteiger partial charge in [0.05, 0.1) is 0 Å². The average Bonchev–Trinajstić information content (AvgIpc) is 3.21. The molecule has 0 unspecified atom stereocenters. The normalized spacial score (nSPS) is 11.7. The number of aromatic nitrogens is 2. The molecule has 1 N–H and O–H groups in total. The minimum atomic E-state index is -0.845. The highest BCUT2D eigenvalue weighted by Crippen LogP contribution is 2.17. The van der Waals surface area contributed by atoms with Gasteiger partial charge in [0.1, 0.15) is 6.04 Å². The molecule has 0 aliphatic heterocycles. The number of carbonyl (C=O) groups is 2. The molecule has 0 saturated heterocycles. The zero-order valence-corrected chi connectivity index (χ0v) is 16.8. The van der Waals surface area contributed by atoms with E-state index >= 15 is 0 Å². The Morgan fingerprint density at radius 2 is 1.83 bits per heavy atom. The SMILES string of the molecule is CCc1ccc(-c2noc(COC(=O)[C@H](C)NC(=O)c3ccc(Cl)cc3)n2)cc1. The molecular weight excluding hydrogens is 394 g/mol. The van der Waals surface area contributed by atoms with Crippen molar-refractivity contribution in [1.29, 1.82) is 0 Å². The van der Waals surface area contributed by atoms with E-state index in [2.05, 4.69) is 22.4 Å². The summed E-state index contributed by atoms with van der Waals surface area (Å²) in [5, 5.41) is 6.99. The van der Waals surface area contributed by atoms with Gasteiger partial charge in [-0.05, 0) is 43.2 Å². The second kappa shape index (κ2) is 9.34. The van der Waals surface area contributed by atoms with Gasteiger partial charge < -0.3 is 14.6 Å². The Morgan fingerprint density at radius 1 is 1.14 bits per heavy atom. The number of aryl methyl sites for hydroxylation is 1. The van der Waals surface area contributed by atoms with Crippen LogP contribution in [-0.4, -0.2) is 28.1 Å². The van der Waals surface area contributed by atoms with Gasteiger partial charge in [-0.25, -0.2) is 4.79 Å². The zero-order valence-electron chi connectivity index (χ0n) is 16.0. The molecule has 0 radical (unpaired) electrons. The van der Waals surface area contributed by atoms with Crippen LogP contribution in [0.5, 0.6) is 0 Å². The van der Waals surface area contributed by atoms with Gasteiger partial charge >= 0.3 is 5.97 Å². The molecule has 0 saturated carbocycles. The van der Waals surface area contributed by atoms with Gasteiger partial charge in [0.15, 0.2) is 6.61 Å². The molecule has 1 heterocycles. The van der Waals surface area contributed by atoms with Crippen molar-refractivity contribution in [2.45, 2.75) is 32.9 Å². The lowest BCUT2D eigenvalue weighted by molar-refractivity contribution is -0.147. The highest BCUT2D eigenvalue weighted by Gasteiger charge is 2.19. The van der Waals surface area contributed by atoms with Gasteiger partial charge in [0.2, 0.25) is 5.82 Å². The van der Waals surface area contributed by atoms with E-state index in [-0.39, 0.29) is 12.5 Å². The minimum Gasteiger partial charge on any atom is -0.454 e. The summed E-state index contributed by atoms with van der Waals surface area (Å²) in [6.07, 6.45) is 0.945. The van der Waals surface area contributed by atoms with Gasteiger partial charge in [0.25, 0.3) is 11.8 Å². The van der Waals surface area contributed by atoms with Gasteiger partial charge in [-0.2, -0.15) is 4.98 Å². The number of halogens is 1. The minimum absolute atomic E-state index is 0.171. The lowest BCUT2D eigenvalue weighted by Crippen LogP contribution is -2.39. The molecule has 7 nitrogen and oxygen atoms in total. The summed E-state index contributed by atoms with van der Waals surface area (Å²) < 4.78 is 10.3. The van der Waals surface area contributed by atoms with E-state index in [1.165, 1.54) is 12.5 Å². The average molecular weight is 414 g/mol. The second-order valence-electron chi connectivity index (χ2n) is 6.37. The Labute approximate surface area is 173 Å². The van der Waals surface area contributed by atoms with Crippen LogP contribution < -0.4 is 5.32 Å². The summed E-state index contributed by atoms with van der Waals surface area (Å²) >= 11 is 5.80. The molecule has 150 valence electrons. The maximum Gasteiger partial charge on any atom is 0.328 e. The fraction of sp³-hybridized carbons (Fsp3) is 0.238. The third kappa shape index (κ3) is 5.42. The Morgan fingerprint density at radius 3 is 2.48 bits per heavy atom. The Balaban J connectivity index is 1.52. The maximum atomic E-state index is 12.1. The molecule has 2 aromatic carbocycles. The van der Waals surface area contributed by atoms with Crippen LogP contribution in [0.1, 0.15) is 35.7 Å². The molecule has 8 heteroatoms. The van der Waals surface area contributed by atoms with Gasteiger partial charge in [0, 0.05) is 16.1 Å². The van der Waals surface area contributed by atoms with Crippen molar-refractivity contribution in [2.75, 3.05) is 0 Å². The first kappa shape index (κ1) is 20.5. The number of esters is 1.